The van der Waals surface area contributed by atoms with Crippen molar-refractivity contribution in [3.8, 4) is 17.2 Å². The Morgan fingerprint density at radius 2 is 1.72 bits per heavy atom. The van der Waals surface area contributed by atoms with Crippen LogP contribution in [0.4, 0.5) is 0 Å². The molecule has 1 N–H and O–H groups in total. The number of amides is 1. The highest BCUT2D eigenvalue weighted by atomic mass is 35.5. The lowest BCUT2D eigenvalue weighted by Gasteiger charge is -2.13. The number of esters is 1. The molecule has 3 aromatic carbocycles. The minimum Gasteiger partial charge on any atom is -0.493 e. The molecule has 0 fully saturated rings. The monoisotopic (exact) mass is 452 g/mol. The molecule has 0 aliphatic rings. The minimum atomic E-state index is -0.761. The van der Waals surface area contributed by atoms with E-state index in [1.807, 2.05) is 6.07 Å². The van der Waals surface area contributed by atoms with Gasteiger partial charge in [-0.2, -0.15) is 5.10 Å². The smallest absolute Gasteiger partial charge is 0.343 e. The number of carbonyl (C=O) groups is 2. The second kappa shape index (κ2) is 11.0. The second-order valence-corrected chi connectivity index (χ2v) is 7.05. The van der Waals surface area contributed by atoms with E-state index in [2.05, 4.69) is 10.5 Å². The van der Waals surface area contributed by atoms with Gasteiger partial charge in [0.25, 0.3) is 5.91 Å². The zero-order valence-corrected chi connectivity index (χ0v) is 18.2. The molecule has 3 aromatic rings. The maximum Gasteiger partial charge on any atom is 0.343 e. The minimum absolute atomic E-state index is 0.271. The molecule has 0 bridgehead atoms. The summed E-state index contributed by atoms with van der Waals surface area (Å²) in [6.07, 6.45) is 0.681. The lowest BCUT2D eigenvalue weighted by Crippen LogP contribution is -2.33. The maximum absolute atomic E-state index is 12.3. The molecular formula is C24H21ClN2O5. The van der Waals surface area contributed by atoms with Gasteiger partial charge in [-0.3, -0.25) is 4.79 Å². The molecule has 8 heteroatoms. The standard InChI is InChI=1S/C24H21ClN2O5/c1-16(31-20-11-9-19(25)10-12-20)23(28)27-26-15-17-8-13-21(22(14-17)30-2)32-24(29)18-6-4-3-5-7-18/h3-16H,1-2H3,(H,27,28). The van der Waals surface area contributed by atoms with Crippen molar-refractivity contribution in [2.75, 3.05) is 7.11 Å². The van der Waals surface area contributed by atoms with Crippen LogP contribution in [0.1, 0.15) is 22.8 Å². The molecule has 0 radical (unpaired) electrons. The molecule has 1 unspecified atom stereocenters. The van der Waals surface area contributed by atoms with Gasteiger partial charge in [0.2, 0.25) is 0 Å². The van der Waals surface area contributed by atoms with Crippen LogP contribution >= 0.6 is 11.6 Å². The number of hydrazone groups is 1. The van der Waals surface area contributed by atoms with Crippen LogP contribution in [0.25, 0.3) is 0 Å². The van der Waals surface area contributed by atoms with E-state index in [1.165, 1.54) is 13.3 Å². The first-order valence-corrected chi connectivity index (χ1v) is 10.0. The first-order chi connectivity index (χ1) is 15.5. The van der Waals surface area contributed by atoms with Gasteiger partial charge in [-0.15, -0.1) is 0 Å². The van der Waals surface area contributed by atoms with E-state index < -0.39 is 18.0 Å². The van der Waals surface area contributed by atoms with E-state index in [0.717, 1.165) is 0 Å². The third kappa shape index (κ3) is 6.33. The van der Waals surface area contributed by atoms with Gasteiger partial charge in [-0.1, -0.05) is 29.8 Å². The molecule has 0 saturated carbocycles. The van der Waals surface area contributed by atoms with Crippen molar-refractivity contribution in [3.05, 3.63) is 88.9 Å². The van der Waals surface area contributed by atoms with Crippen molar-refractivity contribution in [2.45, 2.75) is 13.0 Å². The van der Waals surface area contributed by atoms with E-state index in [-0.39, 0.29) is 5.75 Å². The molecule has 0 spiro atoms. The summed E-state index contributed by atoms with van der Waals surface area (Å²) < 4.78 is 16.3. The molecule has 1 atom stereocenters. The van der Waals surface area contributed by atoms with Gasteiger partial charge in [0.05, 0.1) is 18.9 Å². The van der Waals surface area contributed by atoms with Crippen molar-refractivity contribution >= 4 is 29.7 Å². The normalized spacial score (nSPS) is 11.6. The summed E-state index contributed by atoms with van der Waals surface area (Å²) >= 11 is 5.83. The van der Waals surface area contributed by atoms with Gasteiger partial charge in [0.1, 0.15) is 5.75 Å². The largest absolute Gasteiger partial charge is 0.493 e. The Morgan fingerprint density at radius 3 is 2.41 bits per heavy atom. The number of nitrogens with zero attached hydrogens (tertiary/aromatic N) is 1. The summed E-state index contributed by atoms with van der Waals surface area (Å²) in [5, 5.41) is 4.52. The quantitative estimate of drug-likeness (QED) is 0.235. The predicted octanol–water partition coefficient (Wildman–Crippen LogP) is 4.49. The van der Waals surface area contributed by atoms with Crippen LogP contribution in [-0.2, 0) is 4.79 Å². The highest BCUT2D eigenvalue weighted by molar-refractivity contribution is 6.30. The van der Waals surface area contributed by atoms with Crippen LogP contribution in [0.15, 0.2) is 77.9 Å². The molecule has 0 aromatic heterocycles. The number of methoxy groups -OCH3 is 1. The molecule has 0 saturated heterocycles. The van der Waals surface area contributed by atoms with Gasteiger partial charge in [-0.05, 0) is 67.1 Å². The fourth-order valence-electron chi connectivity index (χ4n) is 2.61. The lowest BCUT2D eigenvalue weighted by atomic mass is 10.2. The van der Waals surface area contributed by atoms with Gasteiger partial charge in [0.15, 0.2) is 17.6 Å². The summed E-state index contributed by atoms with van der Waals surface area (Å²) in [5.41, 5.74) is 3.48. The highest BCUT2D eigenvalue weighted by Crippen LogP contribution is 2.28. The third-order valence-electron chi connectivity index (χ3n) is 4.28. The van der Waals surface area contributed by atoms with Crippen LogP contribution in [0.2, 0.25) is 5.02 Å². The summed E-state index contributed by atoms with van der Waals surface area (Å²) in [4.78, 5) is 24.4. The molecule has 0 aliphatic carbocycles. The molecule has 32 heavy (non-hydrogen) atoms. The van der Waals surface area contributed by atoms with Gasteiger partial charge < -0.3 is 14.2 Å². The summed E-state index contributed by atoms with van der Waals surface area (Å²) in [6.45, 7) is 1.61. The molecule has 164 valence electrons. The third-order valence-corrected chi connectivity index (χ3v) is 4.54. The van der Waals surface area contributed by atoms with Crippen molar-refractivity contribution in [1.82, 2.24) is 5.43 Å². The fourth-order valence-corrected chi connectivity index (χ4v) is 2.74. The van der Waals surface area contributed by atoms with E-state index in [1.54, 1.807) is 73.7 Å². The number of rotatable bonds is 8. The van der Waals surface area contributed by atoms with Crippen molar-refractivity contribution < 1.29 is 23.8 Å². The second-order valence-electron chi connectivity index (χ2n) is 6.61. The number of carbonyl (C=O) groups excluding carboxylic acids is 2. The molecule has 0 heterocycles. The highest BCUT2D eigenvalue weighted by Gasteiger charge is 2.14. The zero-order chi connectivity index (χ0) is 22.9. The van der Waals surface area contributed by atoms with Crippen LogP contribution < -0.4 is 19.6 Å². The number of hydrogen-bond acceptors (Lipinski definition) is 6. The number of ether oxygens (including phenoxy) is 3. The van der Waals surface area contributed by atoms with Gasteiger partial charge in [0, 0.05) is 5.02 Å². The van der Waals surface area contributed by atoms with Crippen LogP contribution in [0.5, 0.6) is 17.2 Å². The molecule has 7 nitrogen and oxygen atoms in total. The molecule has 1 amide bonds. The Labute approximate surface area is 190 Å². The Bertz CT molecular complexity index is 1100. The van der Waals surface area contributed by atoms with E-state index >= 15 is 0 Å². The molecular weight excluding hydrogens is 432 g/mol. The molecule has 0 aliphatic heterocycles. The first-order valence-electron chi connectivity index (χ1n) is 9.66. The van der Waals surface area contributed by atoms with Crippen LogP contribution in [0.3, 0.4) is 0 Å². The summed E-state index contributed by atoms with van der Waals surface area (Å²) in [6, 6.07) is 20.3. The average Bonchev–Trinajstić information content (AvgIpc) is 2.81. The fraction of sp³-hybridized carbons (Fsp3) is 0.125. The van der Waals surface area contributed by atoms with Crippen molar-refractivity contribution in [3.63, 3.8) is 0 Å². The van der Waals surface area contributed by atoms with Crippen molar-refractivity contribution in [1.29, 1.82) is 0 Å². The Kier molecular flexibility index (Phi) is 7.83. The Balaban J connectivity index is 1.58. The number of nitrogens with one attached hydrogen (secondary N) is 1. The Morgan fingerprint density at radius 1 is 1.00 bits per heavy atom. The van der Waals surface area contributed by atoms with E-state index in [0.29, 0.717) is 27.6 Å². The summed E-state index contributed by atoms with van der Waals surface area (Å²) in [5.74, 6) is 0.228. The first kappa shape index (κ1) is 22.8. The zero-order valence-electron chi connectivity index (χ0n) is 17.4. The van der Waals surface area contributed by atoms with Crippen molar-refractivity contribution in [2.24, 2.45) is 5.10 Å². The van der Waals surface area contributed by atoms with Crippen LogP contribution in [-0.4, -0.2) is 31.3 Å². The topological polar surface area (TPSA) is 86.2 Å². The average molecular weight is 453 g/mol. The van der Waals surface area contributed by atoms with Gasteiger partial charge >= 0.3 is 5.97 Å². The van der Waals surface area contributed by atoms with E-state index in [9.17, 15) is 9.59 Å². The van der Waals surface area contributed by atoms with Crippen LogP contribution in [0, 0.1) is 0 Å². The van der Waals surface area contributed by atoms with Gasteiger partial charge in [-0.25, -0.2) is 10.2 Å². The lowest BCUT2D eigenvalue weighted by molar-refractivity contribution is -0.127. The maximum atomic E-state index is 12.3. The number of halogens is 1. The Hall–Kier alpha value is -3.84. The molecule has 3 rings (SSSR count). The SMILES string of the molecule is COc1cc(C=NNC(=O)C(C)Oc2ccc(Cl)cc2)ccc1OC(=O)c1ccccc1. The van der Waals surface area contributed by atoms with E-state index in [4.69, 9.17) is 25.8 Å². The predicted molar refractivity (Wildman–Crippen MR) is 122 cm³/mol. The summed E-state index contributed by atoms with van der Waals surface area (Å²) in [7, 11) is 1.47. The number of hydrogen-bond donors (Lipinski definition) is 1. The number of benzene rings is 3.